The summed E-state index contributed by atoms with van der Waals surface area (Å²) >= 11 is 0. The van der Waals surface area contributed by atoms with Gasteiger partial charge in [0.25, 0.3) is 0 Å². The molecule has 0 radical (unpaired) electrons. The second-order valence-electron chi connectivity index (χ2n) is 4.84. The van der Waals surface area contributed by atoms with Gasteiger partial charge in [0.05, 0.1) is 0 Å². The van der Waals surface area contributed by atoms with Crippen LogP contribution in [0.1, 0.15) is 12.8 Å². The van der Waals surface area contributed by atoms with E-state index in [1.54, 1.807) is 6.20 Å². The van der Waals surface area contributed by atoms with Crippen molar-refractivity contribution < 1.29 is 0 Å². The number of rotatable bonds is 3. The molecule has 110 valence electrons. The van der Waals surface area contributed by atoms with E-state index in [0.717, 1.165) is 36.9 Å². The number of nitrogens with zero attached hydrogens (tertiary/aromatic N) is 3. The lowest BCUT2D eigenvalue weighted by Crippen LogP contribution is -2.29. The first-order valence-electron chi connectivity index (χ1n) is 6.56. The van der Waals surface area contributed by atoms with Gasteiger partial charge in [-0.15, -0.1) is 24.8 Å². The molecule has 0 unspecified atom stereocenters. The molecule has 1 N–H and O–H groups in total. The number of halogens is 2. The predicted octanol–water partition coefficient (Wildman–Crippen LogP) is 2.79. The van der Waals surface area contributed by atoms with Gasteiger partial charge in [0.1, 0.15) is 5.82 Å². The Morgan fingerprint density at radius 1 is 1.20 bits per heavy atom. The van der Waals surface area contributed by atoms with Crippen LogP contribution < -0.4 is 5.32 Å². The molecule has 6 heteroatoms. The lowest BCUT2D eigenvalue weighted by molar-refractivity contribution is 0.334. The second-order valence-corrected chi connectivity index (χ2v) is 4.84. The molecular formula is C14H20Cl2N4. The maximum atomic E-state index is 4.46. The fourth-order valence-corrected chi connectivity index (χ4v) is 2.55. The van der Waals surface area contributed by atoms with Crippen molar-refractivity contribution in [3.05, 3.63) is 36.9 Å². The highest BCUT2D eigenvalue weighted by Crippen LogP contribution is 2.20. The van der Waals surface area contributed by atoms with E-state index in [1.165, 1.54) is 12.8 Å². The Bertz CT molecular complexity index is 495. The number of hydrogen-bond acceptors (Lipinski definition) is 3. The van der Waals surface area contributed by atoms with E-state index in [4.69, 9.17) is 0 Å². The third-order valence-electron chi connectivity index (χ3n) is 3.55. The molecule has 0 atom stereocenters. The maximum Gasteiger partial charge on any atom is 0.141 e. The summed E-state index contributed by atoms with van der Waals surface area (Å²) in [6, 6.07) is 4.02. The van der Waals surface area contributed by atoms with Crippen LogP contribution in [0, 0.1) is 5.92 Å². The van der Waals surface area contributed by atoms with Gasteiger partial charge in [-0.25, -0.2) is 4.98 Å². The molecular weight excluding hydrogens is 295 g/mol. The summed E-state index contributed by atoms with van der Waals surface area (Å²) in [5.41, 5.74) is 1.09. The number of hydrogen-bond donors (Lipinski definition) is 1. The average molecular weight is 315 g/mol. The van der Waals surface area contributed by atoms with Crippen molar-refractivity contribution >= 4 is 24.8 Å². The Hall–Kier alpha value is -1.10. The van der Waals surface area contributed by atoms with Crippen LogP contribution in [0.15, 0.2) is 36.9 Å². The van der Waals surface area contributed by atoms with Gasteiger partial charge >= 0.3 is 0 Å². The lowest BCUT2D eigenvalue weighted by Gasteiger charge is -2.23. The third kappa shape index (κ3) is 3.95. The van der Waals surface area contributed by atoms with Crippen LogP contribution in [0.3, 0.4) is 0 Å². The summed E-state index contributed by atoms with van der Waals surface area (Å²) in [5.74, 6) is 1.79. The van der Waals surface area contributed by atoms with Crippen molar-refractivity contribution in [2.45, 2.75) is 19.4 Å². The van der Waals surface area contributed by atoms with Crippen molar-refractivity contribution in [1.82, 2.24) is 19.9 Å². The Labute approximate surface area is 131 Å². The molecule has 0 spiro atoms. The first-order chi connectivity index (χ1) is 8.93. The quantitative estimate of drug-likeness (QED) is 0.947. The van der Waals surface area contributed by atoms with Crippen LogP contribution in [0.4, 0.5) is 0 Å². The zero-order chi connectivity index (χ0) is 12.2. The van der Waals surface area contributed by atoms with Crippen LogP contribution in [0.25, 0.3) is 11.4 Å². The smallest absolute Gasteiger partial charge is 0.141 e. The molecule has 0 amide bonds. The predicted molar refractivity (Wildman–Crippen MR) is 85.5 cm³/mol. The summed E-state index contributed by atoms with van der Waals surface area (Å²) in [4.78, 5) is 8.62. The van der Waals surface area contributed by atoms with Gasteiger partial charge in [-0.1, -0.05) is 0 Å². The van der Waals surface area contributed by atoms with Crippen LogP contribution in [-0.2, 0) is 6.54 Å². The first-order valence-corrected chi connectivity index (χ1v) is 6.56. The largest absolute Gasteiger partial charge is 0.331 e. The minimum Gasteiger partial charge on any atom is -0.331 e. The molecule has 4 nitrogen and oxygen atoms in total. The number of nitrogens with one attached hydrogen (secondary N) is 1. The molecule has 3 heterocycles. The van der Waals surface area contributed by atoms with Crippen molar-refractivity contribution in [1.29, 1.82) is 0 Å². The van der Waals surface area contributed by atoms with Gasteiger partial charge in [-0.2, -0.15) is 0 Å². The summed E-state index contributed by atoms with van der Waals surface area (Å²) < 4.78 is 2.26. The fraction of sp³-hybridized carbons (Fsp3) is 0.429. The summed E-state index contributed by atoms with van der Waals surface area (Å²) in [7, 11) is 0. The molecule has 1 saturated heterocycles. The Kier molecular flexibility index (Phi) is 6.99. The molecule has 2 aromatic heterocycles. The van der Waals surface area contributed by atoms with Crippen molar-refractivity contribution in [2.75, 3.05) is 13.1 Å². The summed E-state index contributed by atoms with van der Waals surface area (Å²) in [6.07, 6.45) is 10.1. The van der Waals surface area contributed by atoms with E-state index >= 15 is 0 Å². The van der Waals surface area contributed by atoms with Gasteiger partial charge in [0.2, 0.25) is 0 Å². The molecule has 0 saturated carbocycles. The standard InChI is InChI=1S/C14H18N4.2ClH/c1-2-13(10-16-5-1)14-17-8-9-18(14)11-12-3-6-15-7-4-12;;/h1-2,5,8-10,12,15H,3-4,6-7,11H2;2*1H. The maximum absolute atomic E-state index is 4.46. The molecule has 1 fully saturated rings. The van der Waals surface area contributed by atoms with Crippen molar-refractivity contribution in [3.8, 4) is 11.4 Å². The van der Waals surface area contributed by atoms with E-state index in [-0.39, 0.29) is 24.8 Å². The van der Waals surface area contributed by atoms with E-state index < -0.39 is 0 Å². The van der Waals surface area contributed by atoms with Crippen LogP contribution in [0.5, 0.6) is 0 Å². The minimum atomic E-state index is 0. The monoisotopic (exact) mass is 314 g/mol. The Balaban J connectivity index is 0.000001000. The first kappa shape index (κ1) is 17.0. The summed E-state index contributed by atoms with van der Waals surface area (Å²) in [5, 5.41) is 3.41. The molecule has 20 heavy (non-hydrogen) atoms. The van der Waals surface area contributed by atoms with Gasteiger partial charge in [-0.3, -0.25) is 4.98 Å². The van der Waals surface area contributed by atoms with Gasteiger partial charge in [0.15, 0.2) is 0 Å². The second kappa shape index (κ2) is 8.25. The highest BCUT2D eigenvalue weighted by atomic mass is 35.5. The van der Waals surface area contributed by atoms with Crippen LogP contribution >= 0.6 is 24.8 Å². The van der Waals surface area contributed by atoms with E-state index in [2.05, 4.69) is 32.1 Å². The van der Waals surface area contributed by atoms with Gasteiger partial charge in [-0.05, 0) is 44.0 Å². The molecule has 0 bridgehead atoms. The van der Waals surface area contributed by atoms with E-state index in [9.17, 15) is 0 Å². The van der Waals surface area contributed by atoms with Crippen LogP contribution in [0.2, 0.25) is 0 Å². The SMILES string of the molecule is Cl.Cl.c1cncc(-c2nccn2CC2CCNCC2)c1. The zero-order valence-electron chi connectivity index (χ0n) is 11.2. The summed E-state index contributed by atoms with van der Waals surface area (Å²) in [6.45, 7) is 3.34. The number of piperidine rings is 1. The minimum absolute atomic E-state index is 0. The molecule has 0 aliphatic carbocycles. The molecule has 2 aromatic rings. The van der Waals surface area contributed by atoms with Gasteiger partial charge in [0, 0.05) is 36.9 Å². The lowest BCUT2D eigenvalue weighted by atomic mass is 9.98. The number of aromatic nitrogens is 3. The highest BCUT2D eigenvalue weighted by Gasteiger charge is 2.15. The third-order valence-corrected chi connectivity index (χ3v) is 3.55. The molecule has 1 aliphatic rings. The average Bonchev–Trinajstić information content (AvgIpc) is 2.89. The van der Waals surface area contributed by atoms with Gasteiger partial charge < -0.3 is 9.88 Å². The van der Waals surface area contributed by atoms with Crippen molar-refractivity contribution in [3.63, 3.8) is 0 Å². The van der Waals surface area contributed by atoms with Crippen LogP contribution in [-0.4, -0.2) is 27.6 Å². The zero-order valence-corrected chi connectivity index (χ0v) is 12.9. The fourth-order valence-electron chi connectivity index (χ4n) is 2.55. The molecule has 1 aliphatic heterocycles. The number of imidazole rings is 1. The topological polar surface area (TPSA) is 42.7 Å². The molecule has 3 rings (SSSR count). The normalized spacial score (nSPS) is 15.2. The Morgan fingerprint density at radius 3 is 2.70 bits per heavy atom. The number of pyridine rings is 1. The highest BCUT2D eigenvalue weighted by molar-refractivity contribution is 5.85. The van der Waals surface area contributed by atoms with E-state index in [0.29, 0.717) is 0 Å². The van der Waals surface area contributed by atoms with E-state index in [1.807, 2.05) is 18.5 Å². The Morgan fingerprint density at radius 2 is 2.00 bits per heavy atom. The molecule has 0 aromatic carbocycles. The van der Waals surface area contributed by atoms with Crippen molar-refractivity contribution in [2.24, 2.45) is 5.92 Å².